The molecule has 1 saturated carbocycles. The second-order valence-corrected chi connectivity index (χ2v) is 6.13. The number of nitrogens with one attached hydrogen (secondary N) is 1. The van der Waals surface area contributed by atoms with Gasteiger partial charge < -0.3 is 5.32 Å². The lowest BCUT2D eigenvalue weighted by Gasteiger charge is -2.37. The summed E-state index contributed by atoms with van der Waals surface area (Å²) >= 11 is 0. The quantitative estimate of drug-likeness (QED) is 0.859. The zero-order valence-electron chi connectivity index (χ0n) is 11.2. The highest BCUT2D eigenvalue weighted by molar-refractivity contribution is 5.13. The fourth-order valence-corrected chi connectivity index (χ4v) is 2.92. The van der Waals surface area contributed by atoms with E-state index in [1.165, 1.54) is 31.2 Å². The molecule has 0 bridgehead atoms. The fourth-order valence-electron chi connectivity index (χ4n) is 2.92. The van der Waals surface area contributed by atoms with Gasteiger partial charge in [0.15, 0.2) is 0 Å². The van der Waals surface area contributed by atoms with Gasteiger partial charge in [0.1, 0.15) is 0 Å². The zero-order valence-corrected chi connectivity index (χ0v) is 11.2. The first kappa shape index (κ1) is 12.6. The Morgan fingerprint density at radius 3 is 2.94 bits per heavy atom. The minimum Gasteiger partial charge on any atom is -0.307 e. The highest BCUT2D eigenvalue weighted by Crippen LogP contribution is 2.35. The van der Waals surface area contributed by atoms with Gasteiger partial charge in [0.2, 0.25) is 0 Å². The number of hydrogen-bond acceptors (Lipinski definition) is 2. The van der Waals surface area contributed by atoms with Crippen LogP contribution in [0.5, 0.6) is 0 Å². The minimum absolute atomic E-state index is 0.405. The summed E-state index contributed by atoms with van der Waals surface area (Å²) < 4.78 is 0. The normalized spacial score (nSPS) is 25.5. The Balaban J connectivity index is 1.93. The molecule has 1 N–H and O–H groups in total. The maximum Gasteiger partial charge on any atom is 0.0315 e. The maximum atomic E-state index is 4.19. The largest absolute Gasteiger partial charge is 0.307 e. The molecule has 1 aromatic rings. The first-order valence-electron chi connectivity index (χ1n) is 6.73. The van der Waals surface area contributed by atoms with Crippen molar-refractivity contribution >= 4 is 0 Å². The Bertz CT molecular complexity index is 345. The van der Waals surface area contributed by atoms with Crippen molar-refractivity contribution in [2.24, 2.45) is 5.41 Å². The highest BCUT2D eigenvalue weighted by atomic mass is 14.9. The SMILES string of the molecule is C[C@@H](NC1CCCC(C)(C)C1)c1cccnc1. The monoisotopic (exact) mass is 232 g/mol. The van der Waals surface area contributed by atoms with Crippen molar-refractivity contribution in [3.8, 4) is 0 Å². The van der Waals surface area contributed by atoms with E-state index in [0.29, 0.717) is 17.5 Å². The van der Waals surface area contributed by atoms with Gasteiger partial charge in [-0.05, 0) is 43.2 Å². The Kier molecular flexibility index (Phi) is 3.82. The van der Waals surface area contributed by atoms with Crippen LogP contribution in [0.2, 0.25) is 0 Å². The van der Waals surface area contributed by atoms with Gasteiger partial charge in [-0.25, -0.2) is 0 Å². The van der Waals surface area contributed by atoms with Gasteiger partial charge in [0.05, 0.1) is 0 Å². The molecule has 94 valence electrons. The van der Waals surface area contributed by atoms with Crippen LogP contribution in [-0.4, -0.2) is 11.0 Å². The number of hydrogen-bond donors (Lipinski definition) is 1. The second-order valence-electron chi connectivity index (χ2n) is 6.13. The van der Waals surface area contributed by atoms with E-state index in [2.05, 4.69) is 37.1 Å². The molecule has 1 heterocycles. The van der Waals surface area contributed by atoms with Crippen LogP contribution < -0.4 is 5.32 Å². The van der Waals surface area contributed by atoms with E-state index >= 15 is 0 Å². The summed E-state index contributed by atoms with van der Waals surface area (Å²) in [5.74, 6) is 0. The average Bonchev–Trinajstić information content (AvgIpc) is 2.29. The second kappa shape index (κ2) is 5.18. The van der Waals surface area contributed by atoms with Crippen molar-refractivity contribution in [3.63, 3.8) is 0 Å². The lowest BCUT2D eigenvalue weighted by Crippen LogP contribution is -2.38. The number of rotatable bonds is 3. The predicted molar refractivity (Wildman–Crippen MR) is 71.8 cm³/mol. The smallest absolute Gasteiger partial charge is 0.0315 e. The lowest BCUT2D eigenvalue weighted by atomic mass is 9.75. The Morgan fingerprint density at radius 1 is 1.47 bits per heavy atom. The summed E-state index contributed by atoms with van der Waals surface area (Å²) in [6.07, 6.45) is 9.12. The third-order valence-corrected chi connectivity index (χ3v) is 3.88. The molecule has 1 aromatic heterocycles. The third kappa shape index (κ3) is 3.53. The molecule has 0 aliphatic heterocycles. The van der Waals surface area contributed by atoms with Gasteiger partial charge in [-0.15, -0.1) is 0 Å². The maximum absolute atomic E-state index is 4.19. The van der Waals surface area contributed by atoms with Crippen molar-refractivity contribution in [1.82, 2.24) is 10.3 Å². The number of nitrogens with zero attached hydrogens (tertiary/aromatic N) is 1. The van der Waals surface area contributed by atoms with Crippen molar-refractivity contribution in [3.05, 3.63) is 30.1 Å². The summed E-state index contributed by atoms with van der Waals surface area (Å²) in [7, 11) is 0. The molecular formula is C15H24N2. The average molecular weight is 232 g/mol. The first-order valence-corrected chi connectivity index (χ1v) is 6.73. The van der Waals surface area contributed by atoms with Gasteiger partial charge >= 0.3 is 0 Å². The predicted octanol–water partition coefficient (Wildman–Crippen LogP) is 3.70. The molecule has 2 rings (SSSR count). The van der Waals surface area contributed by atoms with Crippen molar-refractivity contribution in [1.29, 1.82) is 0 Å². The van der Waals surface area contributed by atoms with Crippen LogP contribution in [0.4, 0.5) is 0 Å². The number of aromatic nitrogens is 1. The lowest BCUT2D eigenvalue weighted by molar-refractivity contribution is 0.191. The van der Waals surface area contributed by atoms with E-state index in [0.717, 1.165) is 0 Å². The first-order chi connectivity index (χ1) is 8.07. The molecule has 0 spiro atoms. The Morgan fingerprint density at radius 2 is 2.29 bits per heavy atom. The van der Waals surface area contributed by atoms with E-state index < -0.39 is 0 Å². The van der Waals surface area contributed by atoms with Crippen molar-refractivity contribution in [2.45, 2.75) is 58.5 Å². The topological polar surface area (TPSA) is 24.9 Å². The third-order valence-electron chi connectivity index (χ3n) is 3.88. The minimum atomic E-state index is 0.405. The molecule has 1 aliphatic rings. The van der Waals surface area contributed by atoms with Crippen LogP contribution in [0.15, 0.2) is 24.5 Å². The van der Waals surface area contributed by atoms with Crippen LogP contribution in [0.1, 0.15) is 58.1 Å². The van der Waals surface area contributed by atoms with Crippen LogP contribution >= 0.6 is 0 Å². The number of pyridine rings is 1. The van der Waals surface area contributed by atoms with Crippen LogP contribution in [0, 0.1) is 5.41 Å². The molecule has 2 heteroatoms. The Hall–Kier alpha value is -0.890. The van der Waals surface area contributed by atoms with Crippen LogP contribution in [-0.2, 0) is 0 Å². The van der Waals surface area contributed by atoms with E-state index in [1.54, 1.807) is 0 Å². The molecule has 0 radical (unpaired) electrons. The van der Waals surface area contributed by atoms with Gasteiger partial charge in [0.25, 0.3) is 0 Å². The fraction of sp³-hybridized carbons (Fsp3) is 0.667. The molecule has 1 unspecified atom stereocenters. The van der Waals surface area contributed by atoms with E-state index in [-0.39, 0.29) is 0 Å². The van der Waals surface area contributed by atoms with Crippen LogP contribution in [0.3, 0.4) is 0 Å². The van der Waals surface area contributed by atoms with Gasteiger partial charge in [-0.1, -0.05) is 26.3 Å². The molecule has 2 atom stereocenters. The van der Waals surface area contributed by atoms with Crippen LogP contribution in [0.25, 0.3) is 0 Å². The molecule has 2 nitrogen and oxygen atoms in total. The summed E-state index contributed by atoms with van der Waals surface area (Å²) in [5, 5.41) is 3.75. The summed E-state index contributed by atoms with van der Waals surface area (Å²) in [6, 6.07) is 5.23. The highest BCUT2D eigenvalue weighted by Gasteiger charge is 2.28. The summed E-state index contributed by atoms with van der Waals surface area (Å²) in [5.41, 5.74) is 1.79. The van der Waals surface area contributed by atoms with Crippen molar-refractivity contribution < 1.29 is 0 Å². The molecule has 0 amide bonds. The van der Waals surface area contributed by atoms with Gasteiger partial charge in [-0.3, -0.25) is 4.98 Å². The molecule has 0 aromatic carbocycles. The summed E-state index contributed by atoms with van der Waals surface area (Å²) in [4.78, 5) is 4.19. The van der Waals surface area contributed by atoms with Gasteiger partial charge in [-0.2, -0.15) is 0 Å². The van der Waals surface area contributed by atoms with E-state index in [9.17, 15) is 0 Å². The van der Waals surface area contributed by atoms with Crippen molar-refractivity contribution in [2.75, 3.05) is 0 Å². The zero-order chi connectivity index (χ0) is 12.3. The van der Waals surface area contributed by atoms with E-state index in [4.69, 9.17) is 0 Å². The standard InChI is InChI=1S/C15H24N2/c1-12(13-6-5-9-16-11-13)17-14-7-4-8-15(2,3)10-14/h5-6,9,11-12,14,17H,4,7-8,10H2,1-3H3/t12-,14?/m1/s1. The molecular weight excluding hydrogens is 208 g/mol. The molecule has 1 aliphatic carbocycles. The summed E-state index contributed by atoms with van der Waals surface area (Å²) in [6.45, 7) is 7.00. The molecule has 0 saturated heterocycles. The Labute approximate surface area is 105 Å². The molecule has 1 fully saturated rings. The van der Waals surface area contributed by atoms with E-state index in [1.807, 2.05) is 18.5 Å². The molecule has 17 heavy (non-hydrogen) atoms. The van der Waals surface area contributed by atoms with Gasteiger partial charge in [0, 0.05) is 24.5 Å².